The Morgan fingerprint density at radius 3 is 2.89 bits per heavy atom. The van der Waals surface area contributed by atoms with Gasteiger partial charge in [0.25, 0.3) is 0 Å². The number of carbonyl (C=O) groups excluding carboxylic acids is 1. The largest absolute Gasteiger partial charge is 0.311 e. The molecule has 100 valence electrons. The third-order valence-electron chi connectivity index (χ3n) is 2.73. The van der Waals surface area contributed by atoms with E-state index in [1.54, 1.807) is 35.1 Å². The van der Waals surface area contributed by atoms with E-state index in [2.05, 4.69) is 10.4 Å². The molecule has 1 heterocycles. The molecule has 0 saturated heterocycles. The molecule has 0 aliphatic heterocycles. The zero-order chi connectivity index (χ0) is 13.7. The lowest BCUT2D eigenvalue weighted by atomic mass is 10.1. The molecular weight excluding hydrogens is 245 g/mol. The number of hydrogen-bond donors (Lipinski definition) is 1. The first-order valence-electron chi connectivity index (χ1n) is 6.25. The molecule has 1 aromatic heterocycles. The predicted molar refractivity (Wildman–Crippen MR) is 71.3 cm³/mol. The minimum Gasteiger partial charge on any atom is -0.311 e. The van der Waals surface area contributed by atoms with Crippen LogP contribution in [0.2, 0.25) is 0 Å². The molecule has 19 heavy (non-hydrogen) atoms. The Bertz CT molecular complexity index is 565. The lowest BCUT2D eigenvalue weighted by Crippen LogP contribution is -2.18. The number of amides is 1. The Morgan fingerprint density at radius 1 is 1.37 bits per heavy atom. The molecule has 0 aliphatic rings. The molecule has 0 unspecified atom stereocenters. The van der Waals surface area contributed by atoms with Crippen molar-refractivity contribution in [3.63, 3.8) is 0 Å². The van der Waals surface area contributed by atoms with E-state index in [9.17, 15) is 9.18 Å². The van der Waals surface area contributed by atoms with Crippen LogP contribution in [0.15, 0.2) is 36.5 Å². The van der Waals surface area contributed by atoms with E-state index in [0.717, 1.165) is 13.0 Å². The number of anilines is 1. The average Bonchev–Trinajstić information content (AvgIpc) is 2.80. The Morgan fingerprint density at radius 2 is 2.16 bits per heavy atom. The molecule has 0 aliphatic carbocycles. The van der Waals surface area contributed by atoms with Gasteiger partial charge in [0.2, 0.25) is 5.91 Å². The number of nitrogens with zero attached hydrogens (tertiary/aromatic N) is 2. The quantitative estimate of drug-likeness (QED) is 0.899. The fourth-order valence-corrected chi connectivity index (χ4v) is 1.83. The van der Waals surface area contributed by atoms with Gasteiger partial charge in [-0.05, 0) is 18.1 Å². The molecule has 0 saturated carbocycles. The highest BCUT2D eigenvalue weighted by molar-refractivity contribution is 5.91. The van der Waals surface area contributed by atoms with Crippen molar-refractivity contribution in [3.05, 3.63) is 47.9 Å². The number of aryl methyl sites for hydroxylation is 1. The fourth-order valence-electron chi connectivity index (χ4n) is 1.83. The summed E-state index contributed by atoms with van der Waals surface area (Å²) in [5.41, 5.74) is 0.390. The molecule has 4 nitrogen and oxygen atoms in total. The van der Waals surface area contributed by atoms with Crippen LogP contribution < -0.4 is 5.32 Å². The summed E-state index contributed by atoms with van der Waals surface area (Å²) in [7, 11) is 0. The highest BCUT2D eigenvalue weighted by atomic mass is 19.1. The molecule has 2 rings (SSSR count). The number of hydrogen-bond acceptors (Lipinski definition) is 2. The molecule has 1 N–H and O–H groups in total. The maximum atomic E-state index is 13.4. The molecule has 0 spiro atoms. The summed E-state index contributed by atoms with van der Waals surface area (Å²) in [4.78, 5) is 11.9. The second-order valence-corrected chi connectivity index (χ2v) is 4.26. The van der Waals surface area contributed by atoms with Gasteiger partial charge in [-0.2, -0.15) is 5.10 Å². The zero-order valence-electron chi connectivity index (χ0n) is 10.8. The van der Waals surface area contributed by atoms with Gasteiger partial charge in [-0.25, -0.2) is 9.07 Å². The summed E-state index contributed by atoms with van der Waals surface area (Å²) < 4.78 is 15.2. The summed E-state index contributed by atoms with van der Waals surface area (Å²) in [6.07, 6.45) is 2.58. The normalized spacial score (nSPS) is 10.4. The summed E-state index contributed by atoms with van der Waals surface area (Å²) in [5, 5.41) is 6.86. The van der Waals surface area contributed by atoms with E-state index in [1.165, 1.54) is 6.07 Å². The molecular formula is C14H16FN3O. The Hall–Kier alpha value is -2.17. The number of rotatable bonds is 5. The van der Waals surface area contributed by atoms with Gasteiger partial charge in [0, 0.05) is 12.6 Å². The van der Waals surface area contributed by atoms with Gasteiger partial charge < -0.3 is 5.32 Å². The van der Waals surface area contributed by atoms with Crippen molar-refractivity contribution in [2.24, 2.45) is 0 Å². The fraction of sp³-hybridized carbons (Fsp3) is 0.286. The standard InChI is InChI=1S/C14H16FN3O/c1-2-9-18-13(7-8-16-18)17-14(19)10-11-5-3-4-6-12(11)15/h3-8H,2,9-10H2,1H3,(H,17,19). The van der Waals surface area contributed by atoms with Crippen molar-refractivity contribution in [3.8, 4) is 0 Å². The van der Waals surface area contributed by atoms with Crippen LogP contribution in [0, 0.1) is 5.82 Å². The van der Waals surface area contributed by atoms with Gasteiger partial charge in [-0.1, -0.05) is 25.1 Å². The van der Waals surface area contributed by atoms with Crippen LogP contribution in [-0.2, 0) is 17.8 Å². The zero-order valence-corrected chi connectivity index (χ0v) is 10.8. The van der Waals surface area contributed by atoms with Crippen LogP contribution in [0.5, 0.6) is 0 Å². The number of nitrogens with one attached hydrogen (secondary N) is 1. The van der Waals surface area contributed by atoms with Crippen molar-refractivity contribution < 1.29 is 9.18 Å². The van der Waals surface area contributed by atoms with Gasteiger partial charge >= 0.3 is 0 Å². The summed E-state index contributed by atoms with van der Waals surface area (Å²) in [5.74, 6) is 0.0332. The van der Waals surface area contributed by atoms with Gasteiger partial charge in [-0.15, -0.1) is 0 Å². The Balaban J connectivity index is 2.02. The van der Waals surface area contributed by atoms with Crippen molar-refractivity contribution in [1.29, 1.82) is 0 Å². The maximum absolute atomic E-state index is 13.4. The summed E-state index contributed by atoms with van der Waals surface area (Å²) >= 11 is 0. The van der Waals surface area contributed by atoms with Crippen LogP contribution in [0.4, 0.5) is 10.2 Å². The van der Waals surface area contributed by atoms with E-state index in [4.69, 9.17) is 0 Å². The second-order valence-electron chi connectivity index (χ2n) is 4.26. The highest BCUT2D eigenvalue weighted by Gasteiger charge is 2.10. The van der Waals surface area contributed by atoms with Crippen molar-refractivity contribution >= 4 is 11.7 Å². The molecule has 2 aromatic rings. The van der Waals surface area contributed by atoms with Crippen LogP contribution >= 0.6 is 0 Å². The molecule has 1 amide bonds. The minimum absolute atomic E-state index is 0.0178. The predicted octanol–water partition coefficient (Wildman–Crippen LogP) is 2.61. The smallest absolute Gasteiger partial charge is 0.230 e. The van der Waals surface area contributed by atoms with Gasteiger partial charge in [-0.3, -0.25) is 4.79 Å². The third-order valence-corrected chi connectivity index (χ3v) is 2.73. The first-order valence-corrected chi connectivity index (χ1v) is 6.25. The second kappa shape index (κ2) is 6.13. The highest BCUT2D eigenvalue weighted by Crippen LogP contribution is 2.10. The topological polar surface area (TPSA) is 46.9 Å². The minimum atomic E-state index is -0.361. The van der Waals surface area contributed by atoms with Crippen molar-refractivity contribution in [2.45, 2.75) is 26.3 Å². The third kappa shape index (κ3) is 3.40. The first kappa shape index (κ1) is 13.3. The van der Waals surface area contributed by atoms with Gasteiger partial charge in [0.05, 0.1) is 12.6 Å². The van der Waals surface area contributed by atoms with E-state index in [1.807, 2.05) is 6.92 Å². The van der Waals surface area contributed by atoms with E-state index in [0.29, 0.717) is 11.4 Å². The van der Waals surface area contributed by atoms with Crippen LogP contribution in [-0.4, -0.2) is 15.7 Å². The Labute approximate surface area is 111 Å². The number of benzene rings is 1. The van der Waals surface area contributed by atoms with Crippen molar-refractivity contribution in [2.75, 3.05) is 5.32 Å². The Kier molecular flexibility index (Phi) is 4.28. The monoisotopic (exact) mass is 261 g/mol. The summed E-state index contributed by atoms with van der Waals surface area (Å²) in [6.45, 7) is 2.77. The van der Waals surface area contributed by atoms with Crippen LogP contribution in [0.1, 0.15) is 18.9 Å². The molecule has 5 heteroatoms. The SMILES string of the molecule is CCCn1nccc1NC(=O)Cc1ccccc1F. The van der Waals surface area contributed by atoms with Gasteiger partial charge in [0.15, 0.2) is 0 Å². The van der Waals surface area contributed by atoms with Crippen LogP contribution in [0.3, 0.4) is 0 Å². The van der Waals surface area contributed by atoms with E-state index >= 15 is 0 Å². The summed E-state index contributed by atoms with van der Waals surface area (Å²) in [6, 6.07) is 8.01. The van der Waals surface area contributed by atoms with E-state index in [-0.39, 0.29) is 18.1 Å². The number of aromatic nitrogens is 2. The molecule has 0 fully saturated rings. The molecule has 1 aromatic carbocycles. The van der Waals surface area contributed by atoms with Crippen LogP contribution in [0.25, 0.3) is 0 Å². The molecule has 0 radical (unpaired) electrons. The lowest BCUT2D eigenvalue weighted by molar-refractivity contribution is -0.115. The van der Waals surface area contributed by atoms with Crippen molar-refractivity contribution in [1.82, 2.24) is 9.78 Å². The molecule has 0 atom stereocenters. The number of halogens is 1. The molecule has 0 bridgehead atoms. The van der Waals surface area contributed by atoms with E-state index < -0.39 is 0 Å². The number of carbonyl (C=O) groups is 1. The lowest BCUT2D eigenvalue weighted by Gasteiger charge is -2.08. The van der Waals surface area contributed by atoms with Gasteiger partial charge in [0.1, 0.15) is 11.6 Å². The maximum Gasteiger partial charge on any atom is 0.230 e. The average molecular weight is 261 g/mol. The first-order chi connectivity index (χ1) is 9.20.